The minimum absolute atomic E-state index is 0.0204. The molecule has 1 aliphatic heterocycles. The maximum atomic E-state index is 12.7. The Bertz CT molecular complexity index is 516. The normalized spacial score (nSPS) is 18.9. The Balaban J connectivity index is 1.79. The number of piperazine rings is 1. The van der Waals surface area contributed by atoms with Crippen LogP contribution in [0.3, 0.4) is 0 Å². The largest absolute Gasteiger partial charge is 0.353 e. The van der Waals surface area contributed by atoms with E-state index in [1.54, 1.807) is 12.1 Å². The van der Waals surface area contributed by atoms with Gasteiger partial charge in [-0.2, -0.15) is 5.10 Å². The zero-order valence-electron chi connectivity index (χ0n) is 10.7. The Morgan fingerprint density at radius 2 is 2.15 bits per heavy atom. The van der Waals surface area contributed by atoms with Crippen molar-refractivity contribution in [2.45, 2.75) is 12.5 Å². The van der Waals surface area contributed by atoms with Crippen LogP contribution in [0.4, 0.5) is 4.39 Å². The average molecular weight is 278 g/mol. The van der Waals surface area contributed by atoms with Crippen molar-refractivity contribution >= 4 is 18.0 Å². The Kier molecular flexibility index (Phi) is 4.78. The van der Waals surface area contributed by atoms with E-state index in [0.29, 0.717) is 18.7 Å². The van der Waals surface area contributed by atoms with E-state index in [9.17, 15) is 14.0 Å². The van der Waals surface area contributed by atoms with Crippen molar-refractivity contribution in [2.75, 3.05) is 13.1 Å². The third kappa shape index (κ3) is 4.13. The first-order chi connectivity index (χ1) is 9.65. The standard InChI is InChI=1S/C13H15FN4O2/c14-10-3-1-9(2-4-10)8-17-18-12(19)7-11-13(20)16-6-5-15-11/h1-4,8,11,15H,5-7H2,(H,16,20)(H,18,19)/t11-/m0/s1. The highest BCUT2D eigenvalue weighted by molar-refractivity contribution is 5.89. The molecule has 2 rings (SSSR count). The minimum Gasteiger partial charge on any atom is -0.353 e. The molecule has 0 aliphatic carbocycles. The van der Waals surface area contributed by atoms with Gasteiger partial charge in [0.15, 0.2) is 0 Å². The van der Waals surface area contributed by atoms with Gasteiger partial charge in [0.2, 0.25) is 11.8 Å². The first kappa shape index (κ1) is 14.1. The van der Waals surface area contributed by atoms with Gasteiger partial charge in [0, 0.05) is 13.1 Å². The van der Waals surface area contributed by atoms with E-state index in [1.165, 1.54) is 18.3 Å². The lowest BCUT2D eigenvalue weighted by molar-refractivity contribution is -0.129. The molecular weight excluding hydrogens is 263 g/mol. The van der Waals surface area contributed by atoms with Gasteiger partial charge in [-0.05, 0) is 17.7 Å². The topological polar surface area (TPSA) is 82.6 Å². The fourth-order valence-corrected chi connectivity index (χ4v) is 1.77. The summed E-state index contributed by atoms with van der Waals surface area (Å²) in [7, 11) is 0. The van der Waals surface area contributed by atoms with Crippen LogP contribution in [0.15, 0.2) is 29.4 Å². The number of benzene rings is 1. The molecule has 0 radical (unpaired) electrons. The number of halogens is 1. The van der Waals surface area contributed by atoms with E-state index in [-0.39, 0.29) is 24.1 Å². The summed E-state index contributed by atoms with van der Waals surface area (Å²) in [5, 5.41) is 9.37. The second kappa shape index (κ2) is 6.76. The smallest absolute Gasteiger partial charge is 0.242 e. The molecule has 0 aromatic heterocycles. The molecule has 20 heavy (non-hydrogen) atoms. The number of carbonyl (C=O) groups excluding carboxylic acids is 2. The zero-order chi connectivity index (χ0) is 14.4. The van der Waals surface area contributed by atoms with Crippen molar-refractivity contribution in [1.29, 1.82) is 0 Å². The second-order valence-corrected chi connectivity index (χ2v) is 4.35. The number of carbonyl (C=O) groups is 2. The lowest BCUT2D eigenvalue weighted by Crippen LogP contribution is -2.54. The predicted octanol–water partition coefficient (Wildman–Crippen LogP) is -0.246. The molecule has 1 saturated heterocycles. The van der Waals surface area contributed by atoms with Gasteiger partial charge in [-0.1, -0.05) is 12.1 Å². The van der Waals surface area contributed by atoms with E-state index in [1.807, 2.05) is 0 Å². The molecule has 1 aromatic rings. The summed E-state index contributed by atoms with van der Waals surface area (Å²) in [4.78, 5) is 23.0. The molecule has 1 heterocycles. The number of nitrogens with one attached hydrogen (secondary N) is 3. The van der Waals surface area contributed by atoms with E-state index < -0.39 is 6.04 Å². The summed E-state index contributed by atoms with van der Waals surface area (Å²) in [6.45, 7) is 1.21. The van der Waals surface area contributed by atoms with E-state index in [0.717, 1.165) is 0 Å². The lowest BCUT2D eigenvalue weighted by Gasteiger charge is -2.22. The monoisotopic (exact) mass is 278 g/mol. The molecule has 1 aliphatic rings. The van der Waals surface area contributed by atoms with Crippen LogP contribution < -0.4 is 16.1 Å². The van der Waals surface area contributed by atoms with Gasteiger partial charge < -0.3 is 10.6 Å². The molecule has 0 bridgehead atoms. The summed E-state index contributed by atoms with van der Waals surface area (Å²) < 4.78 is 12.7. The summed E-state index contributed by atoms with van der Waals surface area (Å²) in [6, 6.07) is 5.17. The molecule has 0 spiro atoms. The van der Waals surface area contributed by atoms with Gasteiger partial charge in [-0.3, -0.25) is 9.59 Å². The Labute approximate surface area is 115 Å². The molecule has 1 aromatic carbocycles. The number of amides is 2. The lowest BCUT2D eigenvalue weighted by atomic mass is 10.1. The van der Waals surface area contributed by atoms with Crippen LogP contribution in [0.5, 0.6) is 0 Å². The second-order valence-electron chi connectivity index (χ2n) is 4.35. The van der Waals surface area contributed by atoms with Crippen molar-refractivity contribution in [2.24, 2.45) is 5.10 Å². The third-order valence-corrected chi connectivity index (χ3v) is 2.79. The van der Waals surface area contributed by atoms with Gasteiger partial charge in [0.25, 0.3) is 0 Å². The zero-order valence-corrected chi connectivity index (χ0v) is 10.7. The van der Waals surface area contributed by atoms with Gasteiger partial charge in [-0.15, -0.1) is 0 Å². The average Bonchev–Trinajstić information content (AvgIpc) is 2.44. The van der Waals surface area contributed by atoms with Crippen molar-refractivity contribution in [1.82, 2.24) is 16.1 Å². The molecule has 2 amide bonds. The van der Waals surface area contributed by atoms with Crippen LogP contribution in [0.25, 0.3) is 0 Å². The van der Waals surface area contributed by atoms with Crippen molar-refractivity contribution < 1.29 is 14.0 Å². The summed E-state index contributed by atoms with van der Waals surface area (Å²) >= 11 is 0. The van der Waals surface area contributed by atoms with Crippen molar-refractivity contribution in [3.8, 4) is 0 Å². The molecule has 1 fully saturated rings. The first-order valence-electron chi connectivity index (χ1n) is 6.24. The Hall–Kier alpha value is -2.28. The molecule has 0 saturated carbocycles. The summed E-state index contributed by atoms with van der Waals surface area (Å²) in [5.74, 6) is -0.882. The van der Waals surface area contributed by atoms with Crippen LogP contribution in [-0.4, -0.2) is 37.2 Å². The van der Waals surface area contributed by atoms with Crippen LogP contribution in [0.2, 0.25) is 0 Å². The fraction of sp³-hybridized carbons (Fsp3) is 0.308. The molecular formula is C13H15FN4O2. The number of hydrazone groups is 1. The first-order valence-corrected chi connectivity index (χ1v) is 6.24. The predicted molar refractivity (Wildman–Crippen MR) is 71.6 cm³/mol. The molecule has 0 unspecified atom stereocenters. The highest BCUT2D eigenvalue weighted by Gasteiger charge is 2.23. The summed E-state index contributed by atoms with van der Waals surface area (Å²) in [6.07, 6.45) is 1.43. The Morgan fingerprint density at radius 3 is 2.85 bits per heavy atom. The number of hydrogen-bond acceptors (Lipinski definition) is 4. The minimum atomic E-state index is -0.523. The van der Waals surface area contributed by atoms with Crippen LogP contribution in [0, 0.1) is 5.82 Å². The number of hydrogen-bond donors (Lipinski definition) is 3. The van der Waals surface area contributed by atoms with E-state index in [2.05, 4.69) is 21.2 Å². The van der Waals surface area contributed by atoms with Gasteiger partial charge in [0.05, 0.1) is 18.7 Å². The van der Waals surface area contributed by atoms with Crippen molar-refractivity contribution in [3.63, 3.8) is 0 Å². The number of nitrogens with zero attached hydrogens (tertiary/aromatic N) is 1. The maximum absolute atomic E-state index is 12.7. The van der Waals surface area contributed by atoms with E-state index >= 15 is 0 Å². The molecule has 6 nitrogen and oxygen atoms in total. The highest BCUT2D eigenvalue weighted by Crippen LogP contribution is 2.00. The molecule has 106 valence electrons. The van der Waals surface area contributed by atoms with Crippen LogP contribution in [0.1, 0.15) is 12.0 Å². The summed E-state index contributed by atoms with van der Waals surface area (Å²) in [5.41, 5.74) is 3.00. The SMILES string of the molecule is O=C(C[C@@H]1NCCNC1=O)NN=Cc1ccc(F)cc1. The molecule has 7 heteroatoms. The number of rotatable bonds is 4. The molecule has 1 atom stereocenters. The van der Waals surface area contributed by atoms with Crippen molar-refractivity contribution in [3.05, 3.63) is 35.6 Å². The molecule has 3 N–H and O–H groups in total. The van der Waals surface area contributed by atoms with Crippen LogP contribution in [-0.2, 0) is 9.59 Å². The Morgan fingerprint density at radius 1 is 1.40 bits per heavy atom. The quantitative estimate of drug-likeness (QED) is 0.525. The van der Waals surface area contributed by atoms with Gasteiger partial charge in [0.1, 0.15) is 5.82 Å². The van der Waals surface area contributed by atoms with E-state index in [4.69, 9.17) is 0 Å². The highest BCUT2D eigenvalue weighted by atomic mass is 19.1. The van der Waals surface area contributed by atoms with Gasteiger partial charge in [-0.25, -0.2) is 9.82 Å². The van der Waals surface area contributed by atoms with Crippen LogP contribution >= 0.6 is 0 Å². The fourth-order valence-electron chi connectivity index (χ4n) is 1.77. The third-order valence-electron chi connectivity index (χ3n) is 2.79. The van der Waals surface area contributed by atoms with Gasteiger partial charge >= 0.3 is 0 Å². The maximum Gasteiger partial charge on any atom is 0.242 e.